The molecular formula is C22H27NO4. The summed E-state index contributed by atoms with van der Waals surface area (Å²) in [6.45, 7) is 6.75. The van der Waals surface area contributed by atoms with Crippen molar-refractivity contribution in [1.29, 1.82) is 0 Å². The molecule has 0 fully saturated rings. The summed E-state index contributed by atoms with van der Waals surface area (Å²) in [5.41, 5.74) is 2.15. The summed E-state index contributed by atoms with van der Waals surface area (Å²) in [5.74, 6) is 1.17. The quantitative estimate of drug-likeness (QED) is 0.532. The van der Waals surface area contributed by atoms with E-state index < -0.39 is 0 Å². The number of carbonyl (C=O) groups excluding carboxylic acids is 1. The highest BCUT2D eigenvalue weighted by Gasteiger charge is 2.09. The summed E-state index contributed by atoms with van der Waals surface area (Å²) in [5, 5.41) is 10.3. The van der Waals surface area contributed by atoms with Crippen LogP contribution in [-0.4, -0.2) is 43.1 Å². The van der Waals surface area contributed by atoms with Crippen molar-refractivity contribution in [2.45, 2.75) is 20.4 Å². The van der Waals surface area contributed by atoms with Crippen LogP contribution in [0.5, 0.6) is 17.2 Å². The Balaban J connectivity index is 2.13. The molecule has 0 aliphatic heterocycles. The smallest absolute Gasteiger partial charge is 0.185 e. The molecule has 2 aromatic carbocycles. The lowest BCUT2D eigenvalue weighted by molar-refractivity contribution is 0.104. The van der Waals surface area contributed by atoms with Crippen molar-refractivity contribution in [2.24, 2.45) is 0 Å². The zero-order chi connectivity index (χ0) is 19.8. The largest absolute Gasteiger partial charge is 0.508 e. The number of hydrogen-bond acceptors (Lipinski definition) is 5. The second kappa shape index (κ2) is 9.78. The highest BCUT2D eigenvalue weighted by atomic mass is 16.5. The maximum Gasteiger partial charge on any atom is 0.185 e. The fraction of sp³-hybridized carbons (Fsp3) is 0.318. The number of phenolic OH excluding ortho intramolecular Hbond substituents is 1. The third-order valence-corrected chi connectivity index (χ3v) is 4.49. The van der Waals surface area contributed by atoms with Crippen molar-refractivity contribution in [3.05, 3.63) is 59.2 Å². The van der Waals surface area contributed by atoms with Gasteiger partial charge in [0.05, 0.1) is 14.2 Å². The summed E-state index contributed by atoms with van der Waals surface area (Å²) in [7, 11) is 3.08. The van der Waals surface area contributed by atoms with Crippen molar-refractivity contribution < 1.29 is 19.4 Å². The van der Waals surface area contributed by atoms with Crippen LogP contribution >= 0.6 is 0 Å². The topological polar surface area (TPSA) is 59.0 Å². The van der Waals surface area contributed by atoms with Crippen molar-refractivity contribution in [3.8, 4) is 17.2 Å². The van der Waals surface area contributed by atoms with Crippen LogP contribution in [0.25, 0.3) is 6.08 Å². The Hall–Kier alpha value is -2.79. The molecule has 0 saturated carbocycles. The van der Waals surface area contributed by atoms with Crippen LogP contribution in [0.1, 0.15) is 35.3 Å². The van der Waals surface area contributed by atoms with Gasteiger partial charge in [-0.2, -0.15) is 0 Å². The molecule has 0 amide bonds. The van der Waals surface area contributed by atoms with Crippen LogP contribution in [0.3, 0.4) is 0 Å². The molecule has 0 heterocycles. The van der Waals surface area contributed by atoms with E-state index >= 15 is 0 Å². The molecule has 0 atom stereocenters. The number of hydrogen-bond donors (Lipinski definition) is 1. The molecule has 0 bridgehead atoms. The van der Waals surface area contributed by atoms with E-state index in [-0.39, 0.29) is 11.5 Å². The molecule has 0 saturated heterocycles. The van der Waals surface area contributed by atoms with Gasteiger partial charge in [0.1, 0.15) is 5.75 Å². The van der Waals surface area contributed by atoms with Crippen LogP contribution in [0.4, 0.5) is 0 Å². The Morgan fingerprint density at radius 3 is 2.33 bits per heavy atom. The Morgan fingerprint density at radius 2 is 1.74 bits per heavy atom. The summed E-state index contributed by atoms with van der Waals surface area (Å²) >= 11 is 0. The molecule has 27 heavy (non-hydrogen) atoms. The molecule has 0 aliphatic rings. The summed E-state index contributed by atoms with van der Waals surface area (Å²) < 4.78 is 10.4. The number of ether oxygens (including phenoxy) is 2. The van der Waals surface area contributed by atoms with Gasteiger partial charge < -0.3 is 14.6 Å². The highest BCUT2D eigenvalue weighted by molar-refractivity contribution is 6.07. The number of methoxy groups -OCH3 is 2. The molecule has 5 heteroatoms. The first-order valence-electron chi connectivity index (χ1n) is 9.01. The van der Waals surface area contributed by atoms with Gasteiger partial charge in [-0.05, 0) is 49.0 Å². The van der Waals surface area contributed by atoms with Crippen molar-refractivity contribution >= 4 is 11.9 Å². The maximum absolute atomic E-state index is 12.4. The second-order valence-electron chi connectivity index (χ2n) is 6.12. The Morgan fingerprint density at radius 1 is 1.04 bits per heavy atom. The molecule has 0 spiro atoms. The SMILES string of the molecule is CCN(CC)Cc1ccc(/C=C/C(=O)c2ccc(OC)c(OC)c2)cc1O. The molecule has 144 valence electrons. The summed E-state index contributed by atoms with van der Waals surface area (Å²) in [4.78, 5) is 14.6. The Kier molecular flexibility index (Phi) is 7.44. The predicted molar refractivity (Wildman–Crippen MR) is 108 cm³/mol. The van der Waals surface area contributed by atoms with Gasteiger partial charge in [0.2, 0.25) is 0 Å². The minimum Gasteiger partial charge on any atom is -0.508 e. The molecule has 0 radical (unpaired) electrons. The second-order valence-corrected chi connectivity index (χ2v) is 6.12. The first-order valence-corrected chi connectivity index (χ1v) is 9.01. The number of allylic oxidation sites excluding steroid dienone is 1. The van der Waals surface area contributed by atoms with Crippen molar-refractivity contribution in [3.63, 3.8) is 0 Å². The van der Waals surface area contributed by atoms with E-state index in [1.165, 1.54) is 13.2 Å². The van der Waals surface area contributed by atoms with Gasteiger partial charge in [0.15, 0.2) is 17.3 Å². The number of carbonyl (C=O) groups is 1. The minimum atomic E-state index is -0.150. The average Bonchev–Trinajstić information content (AvgIpc) is 2.70. The van der Waals surface area contributed by atoms with Gasteiger partial charge >= 0.3 is 0 Å². The van der Waals surface area contributed by atoms with Crippen molar-refractivity contribution in [1.82, 2.24) is 4.90 Å². The average molecular weight is 369 g/mol. The normalized spacial score (nSPS) is 11.1. The third-order valence-electron chi connectivity index (χ3n) is 4.49. The molecule has 0 aliphatic carbocycles. The number of phenols is 1. The van der Waals surface area contributed by atoms with Gasteiger partial charge in [-0.25, -0.2) is 0 Å². The lowest BCUT2D eigenvalue weighted by Gasteiger charge is -2.18. The van der Waals surface area contributed by atoms with E-state index in [0.717, 1.165) is 24.2 Å². The van der Waals surface area contributed by atoms with Gasteiger partial charge in [-0.1, -0.05) is 32.1 Å². The molecule has 5 nitrogen and oxygen atoms in total. The van der Waals surface area contributed by atoms with E-state index in [0.29, 0.717) is 23.6 Å². The van der Waals surface area contributed by atoms with E-state index in [9.17, 15) is 9.90 Å². The third kappa shape index (κ3) is 5.34. The Labute approximate surface area is 160 Å². The highest BCUT2D eigenvalue weighted by Crippen LogP contribution is 2.28. The zero-order valence-electron chi connectivity index (χ0n) is 16.4. The van der Waals surface area contributed by atoms with Crippen LogP contribution < -0.4 is 9.47 Å². The number of nitrogens with zero attached hydrogens (tertiary/aromatic N) is 1. The lowest BCUT2D eigenvalue weighted by Crippen LogP contribution is -2.22. The van der Waals surface area contributed by atoms with Gasteiger partial charge in [-0.15, -0.1) is 0 Å². The van der Waals surface area contributed by atoms with Gasteiger partial charge in [0, 0.05) is 17.7 Å². The molecule has 2 aromatic rings. The van der Waals surface area contributed by atoms with E-state index in [4.69, 9.17) is 9.47 Å². The van der Waals surface area contributed by atoms with Gasteiger partial charge in [-0.3, -0.25) is 9.69 Å². The fourth-order valence-corrected chi connectivity index (χ4v) is 2.76. The van der Waals surface area contributed by atoms with Crippen LogP contribution in [0, 0.1) is 0 Å². The van der Waals surface area contributed by atoms with Crippen LogP contribution in [0.15, 0.2) is 42.5 Å². The lowest BCUT2D eigenvalue weighted by atomic mass is 10.1. The van der Waals surface area contributed by atoms with E-state index in [2.05, 4.69) is 18.7 Å². The molecule has 1 N–H and O–H groups in total. The molecule has 0 aromatic heterocycles. The minimum absolute atomic E-state index is 0.150. The zero-order valence-corrected chi connectivity index (χ0v) is 16.4. The van der Waals surface area contributed by atoms with E-state index in [1.54, 1.807) is 37.5 Å². The summed E-state index contributed by atoms with van der Waals surface area (Å²) in [6.07, 6.45) is 3.18. The van der Waals surface area contributed by atoms with Crippen LogP contribution in [0.2, 0.25) is 0 Å². The standard InChI is InChI=1S/C22H27NO4/c1-5-23(6-2)15-18-9-7-16(13-20(18)25)8-11-19(24)17-10-12-21(26-3)22(14-17)27-4/h7-14,25H,5-6,15H2,1-4H3/b11-8+. The van der Waals surface area contributed by atoms with E-state index in [1.807, 2.05) is 12.1 Å². The monoisotopic (exact) mass is 369 g/mol. The fourth-order valence-electron chi connectivity index (χ4n) is 2.76. The number of ketones is 1. The molecular weight excluding hydrogens is 342 g/mol. The Bertz CT molecular complexity index is 810. The summed E-state index contributed by atoms with van der Waals surface area (Å²) in [6, 6.07) is 10.5. The van der Waals surface area contributed by atoms with Crippen molar-refractivity contribution in [2.75, 3.05) is 27.3 Å². The predicted octanol–water partition coefficient (Wildman–Crippen LogP) is 4.15. The number of benzene rings is 2. The van der Waals surface area contributed by atoms with Crippen LogP contribution in [-0.2, 0) is 6.54 Å². The molecule has 2 rings (SSSR count). The maximum atomic E-state index is 12.4. The number of rotatable bonds is 9. The van der Waals surface area contributed by atoms with Gasteiger partial charge in [0.25, 0.3) is 0 Å². The first-order chi connectivity index (χ1) is 13.0. The number of aromatic hydroxyl groups is 1. The molecule has 0 unspecified atom stereocenters. The first kappa shape index (κ1) is 20.5.